The van der Waals surface area contributed by atoms with Gasteiger partial charge in [0.2, 0.25) is 0 Å². The van der Waals surface area contributed by atoms with Crippen LogP contribution in [0.4, 0.5) is 4.79 Å². The monoisotopic (exact) mass is 448 g/mol. The summed E-state index contributed by atoms with van der Waals surface area (Å²) in [6, 6.07) is 17.7. The summed E-state index contributed by atoms with van der Waals surface area (Å²) < 4.78 is 11.6. The molecule has 0 radical (unpaired) electrons. The molecule has 0 unspecified atom stereocenters. The smallest absolute Gasteiger partial charge is 0.410 e. The fourth-order valence-electron chi connectivity index (χ4n) is 5.10. The van der Waals surface area contributed by atoms with E-state index in [-0.39, 0.29) is 36.3 Å². The van der Waals surface area contributed by atoms with Crippen LogP contribution in [-0.2, 0) is 9.53 Å². The molecule has 2 aliphatic heterocycles. The number of benzene rings is 2. The molecule has 7 nitrogen and oxygen atoms in total. The summed E-state index contributed by atoms with van der Waals surface area (Å²) in [6.07, 6.45) is 3.07. The second kappa shape index (κ2) is 8.89. The summed E-state index contributed by atoms with van der Waals surface area (Å²) >= 11 is 0. The van der Waals surface area contributed by atoms with E-state index in [4.69, 9.17) is 9.47 Å². The molecular formula is C26H28N2O5. The number of likely N-dealkylation sites (tertiary alicyclic amines) is 2. The number of Topliss-reactive ketones (excluding diaryl/α,β-unsaturated/α-hetero) is 1. The molecule has 7 heteroatoms. The van der Waals surface area contributed by atoms with Crippen molar-refractivity contribution in [2.75, 3.05) is 26.3 Å². The normalized spacial score (nSPS) is 23.1. The molecule has 1 saturated carbocycles. The van der Waals surface area contributed by atoms with Crippen molar-refractivity contribution in [3.8, 4) is 5.75 Å². The van der Waals surface area contributed by atoms with Crippen molar-refractivity contribution < 1.29 is 23.9 Å². The Morgan fingerprint density at radius 1 is 0.939 bits per heavy atom. The molecule has 3 aliphatic rings. The maximum absolute atomic E-state index is 12.9. The van der Waals surface area contributed by atoms with E-state index < -0.39 is 12.1 Å². The van der Waals surface area contributed by atoms with Gasteiger partial charge < -0.3 is 14.4 Å². The van der Waals surface area contributed by atoms with Gasteiger partial charge in [-0.1, -0.05) is 42.8 Å². The van der Waals surface area contributed by atoms with Crippen molar-refractivity contribution in [3.63, 3.8) is 0 Å². The summed E-state index contributed by atoms with van der Waals surface area (Å²) in [7, 11) is 0. The van der Waals surface area contributed by atoms with Gasteiger partial charge in [-0.2, -0.15) is 0 Å². The van der Waals surface area contributed by atoms with Crippen molar-refractivity contribution in [2.24, 2.45) is 5.41 Å². The summed E-state index contributed by atoms with van der Waals surface area (Å²) in [4.78, 5) is 41.8. The minimum atomic E-state index is -0.622. The van der Waals surface area contributed by atoms with Gasteiger partial charge in [0.1, 0.15) is 18.4 Å². The van der Waals surface area contributed by atoms with E-state index in [0.29, 0.717) is 25.1 Å². The van der Waals surface area contributed by atoms with Crippen LogP contribution < -0.4 is 4.74 Å². The molecule has 172 valence electrons. The molecule has 2 amide bonds. The van der Waals surface area contributed by atoms with E-state index >= 15 is 0 Å². The van der Waals surface area contributed by atoms with Crippen LogP contribution in [0.15, 0.2) is 60.7 Å². The van der Waals surface area contributed by atoms with Crippen molar-refractivity contribution in [1.82, 2.24) is 9.80 Å². The Bertz CT molecular complexity index is 1020. The highest BCUT2D eigenvalue weighted by Crippen LogP contribution is 2.42. The summed E-state index contributed by atoms with van der Waals surface area (Å²) in [5.74, 6) is 0.528. The van der Waals surface area contributed by atoms with Gasteiger partial charge in [0.25, 0.3) is 5.91 Å². The van der Waals surface area contributed by atoms with Crippen molar-refractivity contribution in [2.45, 2.75) is 37.8 Å². The third-order valence-corrected chi connectivity index (χ3v) is 7.14. The van der Waals surface area contributed by atoms with E-state index in [1.807, 2.05) is 36.4 Å². The molecule has 0 spiro atoms. The number of fused-ring (bicyclic) bond motifs is 1. The molecule has 0 aromatic heterocycles. The molecule has 1 aliphatic carbocycles. The zero-order valence-corrected chi connectivity index (χ0v) is 18.5. The number of para-hydroxylation sites is 1. The first-order chi connectivity index (χ1) is 16.1. The number of ether oxygens (including phenoxy) is 2. The Labute approximate surface area is 193 Å². The number of rotatable bonds is 6. The topological polar surface area (TPSA) is 76.2 Å². The maximum atomic E-state index is 12.9. The van der Waals surface area contributed by atoms with E-state index in [1.54, 1.807) is 29.2 Å². The number of ketones is 1. The van der Waals surface area contributed by atoms with Crippen LogP contribution in [-0.4, -0.2) is 66.0 Å². The van der Waals surface area contributed by atoms with Gasteiger partial charge in [-0.05, 0) is 43.5 Å². The summed E-state index contributed by atoms with van der Waals surface area (Å²) in [5.41, 5.74) is 0.372. The average molecular weight is 449 g/mol. The molecule has 2 aromatic carbocycles. The Morgan fingerprint density at radius 3 is 2.30 bits per heavy atom. The molecule has 5 rings (SSSR count). The van der Waals surface area contributed by atoms with Gasteiger partial charge in [0.05, 0.1) is 19.2 Å². The van der Waals surface area contributed by atoms with Crippen LogP contribution in [0.2, 0.25) is 0 Å². The Hall–Kier alpha value is -3.35. The van der Waals surface area contributed by atoms with Crippen molar-refractivity contribution in [3.05, 3.63) is 66.2 Å². The first kappa shape index (κ1) is 21.5. The van der Waals surface area contributed by atoms with Crippen LogP contribution in [0.25, 0.3) is 0 Å². The van der Waals surface area contributed by atoms with Crippen LogP contribution in [0.3, 0.4) is 0 Å². The fourth-order valence-corrected chi connectivity index (χ4v) is 5.10. The van der Waals surface area contributed by atoms with Gasteiger partial charge in [0.15, 0.2) is 5.78 Å². The van der Waals surface area contributed by atoms with E-state index in [2.05, 4.69) is 0 Å². The Kier molecular flexibility index (Phi) is 5.79. The Balaban J connectivity index is 1.19. The maximum Gasteiger partial charge on any atom is 0.410 e. The van der Waals surface area contributed by atoms with Gasteiger partial charge in [-0.25, -0.2) is 4.79 Å². The van der Waals surface area contributed by atoms with Crippen molar-refractivity contribution in [1.29, 1.82) is 0 Å². The Morgan fingerprint density at radius 2 is 1.64 bits per heavy atom. The number of amides is 2. The summed E-state index contributed by atoms with van der Waals surface area (Å²) in [6.45, 7) is 1.20. The predicted molar refractivity (Wildman–Crippen MR) is 121 cm³/mol. The summed E-state index contributed by atoms with van der Waals surface area (Å²) in [5, 5.41) is 0. The quantitative estimate of drug-likeness (QED) is 0.676. The SMILES string of the molecule is O=C1CN(C(=O)c2ccccc2)[C@@H]2CCN(C(=O)OCC3(COc4ccccc4)CCC3)[C@H]12. The average Bonchev–Trinajstić information content (AvgIpc) is 3.40. The third kappa shape index (κ3) is 4.19. The van der Waals surface area contributed by atoms with Crippen LogP contribution >= 0.6 is 0 Å². The lowest BCUT2D eigenvalue weighted by molar-refractivity contribution is -0.120. The molecule has 2 atom stereocenters. The highest BCUT2D eigenvalue weighted by molar-refractivity contribution is 6.02. The van der Waals surface area contributed by atoms with Crippen LogP contribution in [0, 0.1) is 5.41 Å². The van der Waals surface area contributed by atoms with Gasteiger partial charge in [0, 0.05) is 17.5 Å². The molecule has 0 bridgehead atoms. The largest absolute Gasteiger partial charge is 0.493 e. The lowest BCUT2D eigenvalue weighted by Gasteiger charge is -2.41. The highest BCUT2D eigenvalue weighted by atomic mass is 16.6. The van der Waals surface area contributed by atoms with E-state index in [0.717, 1.165) is 25.0 Å². The lowest BCUT2D eigenvalue weighted by Crippen LogP contribution is -2.46. The fraction of sp³-hybridized carbons (Fsp3) is 0.423. The number of carbonyl (C=O) groups excluding carboxylic acids is 3. The molecule has 3 fully saturated rings. The standard InChI is InChI=1S/C26H28N2O5/c29-22-16-28(24(30)19-8-3-1-4-9-19)21-12-15-27(23(21)22)25(31)33-18-26(13-7-14-26)17-32-20-10-5-2-6-11-20/h1-6,8-11,21,23H,7,12-18H2/t21-,23+/m1/s1. The van der Waals surface area contributed by atoms with E-state index in [9.17, 15) is 14.4 Å². The molecule has 2 aromatic rings. The van der Waals surface area contributed by atoms with Crippen molar-refractivity contribution >= 4 is 17.8 Å². The molecular weight excluding hydrogens is 420 g/mol. The second-order valence-corrected chi connectivity index (χ2v) is 9.27. The second-order valence-electron chi connectivity index (χ2n) is 9.27. The van der Waals surface area contributed by atoms with Gasteiger partial charge in [-0.15, -0.1) is 0 Å². The third-order valence-electron chi connectivity index (χ3n) is 7.14. The molecule has 0 N–H and O–H groups in total. The number of hydrogen-bond acceptors (Lipinski definition) is 5. The van der Waals surface area contributed by atoms with Gasteiger partial charge in [-0.3, -0.25) is 14.5 Å². The first-order valence-electron chi connectivity index (χ1n) is 11.6. The first-order valence-corrected chi connectivity index (χ1v) is 11.6. The minimum absolute atomic E-state index is 0.0295. The number of carbonyl (C=O) groups is 3. The molecule has 2 saturated heterocycles. The number of hydrogen-bond donors (Lipinski definition) is 0. The van der Waals surface area contributed by atoms with Crippen LogP contribution in [0.1, 0.15) is 36.0 Å². The zero-order chi connectivity index (χ0) is 22.8. The van der Waals surface area contributed by atoms with Crippen LogP contribution in [0.5, 0.6) is 5.75 Å². The zero-order valence-electron chi connectivity index (χ0n) is 18.5. The lowest BCUT2D eigenvalue weighted by atomic mass is 9.70. The van der Waals surface area contributed by atoms with Gasteiger partial charge >= 0.3 is 6.09 Å². The number of nitrogens with zero attached hydrogens (tertiary/aromatic N) is 2. The highest BCUT2D eigenvalue weighted by Gasteiger charge is 2.52. The predicted octanol–water partition coefficient (Wildman–Crippen LogP) is 3.54. The molecule has 2 heterocycles. The van der Waals surface area contributed by atoms with E-state index in [1.165, 1.54) is 4.90 Å². The molecule has 33 heavy (non-hydrogen) atoms. The minimum Gasteiger partial charge on any atom is -0.493 e.